The Labute approximate surface area is 185 Å². The lowest BCUT2D eigenvalue weighted by Crippen LogP contribution is -2.28. The Bertz CT molecular complexity index is 1360. The Hall–Kier alpha value is -4.19. The van der Waals surface area contributed by atoms with Crippen molar-refractivity contribution in [1.29, 1.82) is 0 Å². The number of hydrogen-bond acceptors (Lipinski definition) is 4. The van der Waals surface area contributed by atoms with Crippen molar-refractivity contribution in [1.82, 2.24) is 4.57 Å². The number of ether oxygens (including phenoxy) is 1. The molecule has 0 saturated carbocycles. The summed E-state index contributed by atoms with van der Waals surface area (Å²) >= 11 is 0. The minimum Gasteiger partial charge on any atom is -0.451 e. The van der Waals surface area contributed by atoms with E-state index in [1.807, 2.05) is 55.5 Å². The first kappa shape index (κ1) is 21.1. The van der Waals surface area contributed by atoms with E-state index >= 15 is 0 Å². The van der Waals surface area contributed by atoms with Crippen molar-refractivity contribution in [2.75, 3.05) is 11.9 Å². The zero-order chi connectivity index (χ0) is 22.7. The van der Waals surface area contributed by atoms with Gasteiger partial charge in [0, 0.05) is 23.7 Å². The number of carbonyl (C=O) groups excluding carboxylic acids is 2. The zero-order valence-corrected chi connectivity index (χ0v) is 17.8. The van der Waals surface area contributed by atoms with Crippen LogP contribution in [-0.2, 0) is 16.6 Å². The number of anilines is 1. The highest BCUT2D eigenvalue weighted by atomic mass is 16.5. The van der Waals surface area contributed by atoms with Gasteiger partial charge in [-0.3, -0.25) is 9.59 Å². The molecular formula is C26H22N2O4. The van der Waals surface area contributed by atoms with Gasteiger partial charge in [-0.1, -0.05) is 66.2 Å². The second-order valence-corrected chi connectivity index (χ2v) is 7.49. The van der Waals surface area contributed by atoms with E-state index in [1.165, 1.54) is 11.6 Å². The maximum atomic E-state index is 13.1. The first-order valence-electron chi connectivity index (χ1n) is 10.2. The predicted molar refractivity (Wildman–Crippen MR) is 125 cm³/mol. The van der Waals surface area contributed by atoms with Crippen LogP contribution in [0.1, 0.15) is 16.1 Å². The fraction of sp³-hybridized carbons (Fsp3) is 0.115. The summed E-state index contributed by atoms with van der Waals surface area (Å²) in [6, 6.07) is 23.8. The summed E-state index contributed by atoms with van der Waals surface area (Å²) < 4.78 is 6.60. The van der Waals surface area contributed by atoms with Crippen LogP contribution in [0.3, 0.4) is 0 Å². The van der Waals surface area contributed by atoms with E-state index in [0.717, 1.165) is 11.1 Å². The molecule has 3 aromatic carbocycles. The summed E-state index contributed by atoms with van der Waals surface area (Å²) in [4.78, 5) is 38.3. The van der Waals surface area contributed by atoms with Gasteiger partial charge < -0.3 is 14.6 Å². The quantitative estimate of drug-likeness (QED) is 0.483. The molecule has 0 aliphatic rings. The molecule has 32 heavy (non-hydrogen) atoms. The fourth-order valence-electron chi connectivity index (χ4n) is 3.63. The highest BCUT2D eigenvalue weighted by molar-refractivity contribution is 6.07. The standard InChI is InChI=1S/C26H22N2O4/c1-17-12-14-19(15-13-17)27-22(29)16-32-26(31)24-23(18-8-4-3-5-9-18)20-10-6-7-11-21(20)25(30)28(24)2/h3-15H,16H2,1-2H3,(H,27,29). The molecule has 0 spiro atoms. The smallest absolute Gasteiger partial charge is 0.356 e. The topological polar surface area (TPSA) is 77.4 Å². The lowest BCUT2D eigenvalue weighted by atomic mass is 9.97. The second kappa shape index (κ2) is 8.89. The molecule has 0 aliphatic carbocycles. The van der Waals surface area contributed by atoms with Crippen LogP contribution in [0.25, 0.3) is 21.9 Å². The summed E-state index contributed by atoms with van der Waals surface area (Å²) in [5, 5.41) is 3.85. The molecule has 0 saturated heterocycles. The summed E-state index contributed by atoms with van der Waals surface area (Å²) in [5.41, 5.74) is 2.83. The Kier molecular flexibility index (Phi) is 5.85. The number of carbonyl (C=O) groups is 2. The monoisotopic (exact) mass is 426 g/mol. The molecule has 1 aromatic heterocycles. The van der Waals surface area contributed by atoms with E-state index in [4.69, 9.17) is 4.74 Å². The number of benzene rings is 3. The van der Waals surface area contributed by atoms with Gasteiger partial charge in [-0.15, -0.1) is 0 Å². The average Bonchev–Trinajstić information content (AvgIpc) is 2.81. The first-order chi connectivity index (χ1) is 15.5. The number of aromatic nitrogens is 1. The molecule has 6 heteroatoms. The van der Waals surface area contributed by atoms with Gasteiger partial charge in [-0.25, -0.2) is 4.79 Å². The summed E-state index contributed by atoms with van der Waals surface area (Å²) in [6.45, 7) is 1.48. The molecule has 0 aliphatic heterocycles. The molecule has 1 heterocycles. The van der Waals surface area contributed by atoms with Crippen molar-refractivity contribution in [2.24, 2.45) is 7.05 Å². The van der Waals surface area contributed by atoms with Crippen LogP contribution < -0.4 is 10.9 Å². The van der Waals surface area contributed by atoms with E-state index in [1.54, 1.807) is 30.3 Å². The number of pyridine rings is 1. The molecule has 6 nitrogen and oxygen atoms in total. The molecular weight excluding hydrogens is 404 g/mol. The van der Waals surface area contributed by atoms with E-state index in [0.29, 0.717) is 22.0 Å². The van der Waals surface area contributed by atoms with Crippen molar-refractivity contribution in [2.45, 2.75) is 6.92 Å². The Morgan fingerprint density at radius 3 is 2.19 bits per heavy atom. The average molecular weight is 426 g/mol. The summed E-state index contributed by atoms with van der Waals surface area (Å²) in [5.74, 6) is -1.21. The Morgan fingerprint density at radius 2 is 1.50 bits per heavy atom. The van der Waals surface area contributed by atoms with E-state index in [9.17, 15) is 14.4 Å². The highest BCUT2D eigenvalue weighted by Gasteiger charge is 2.23. The molecule has 0 atom stereocenters. The molecule has 0 unspecified atom stereocenters. The lowest BCUT2D eigenvalue weighted by Gasteiger charge is -2.16. The number of fused-ring (bicyclic) bond motifs is 1. The number of nitrogens with one attached hydrogen (secondary N) is 1. The number of nitrogens with zero attached hydrogens (tertiary/aromatic N) is 1. The van der Waals surface area contributed by atoms with Gasteiger partial charge >= 0.3 is 5.97 Å². The third-order valence-electron chi connectivity index (χ3n) is 5.23. The van der Waals surface area contributed by atoms with E-state index in [-0.39, 0.29) is 11.3 Å². The van der Waals surface area contributed by atoms with Gasteiger partial charge in [0.2, 0.25) is 0 Å². The van der Waals surface area contributed by atoms with Crippen molar-refractivity contribution in [3.05, 3.63) is 100 Å². The fourth-order valence-corrected chi connectivity index (χ4v) is 3.63. The van der Waals surface area contributed by atoms with Gasteiger partial charge in [0.25, 0.3) is 11.5 Å². The van der Waals surface area contributed by atoms with Gasteiger partial charge in [0.15, 0.2) is 6.61 Å². The minimum atomic E-state index is -0.742. The summed E-state index contributed by atoms with van der Waals surface area (Å²) in [6.07, 6.45) is 0. The number of aryl methyl sites for hydroxylation is 1. The van der Waals surface area contributed by atoms with Crippen LogP contribution in [0.15, 0.2) is 83.7 Å². The van der Waals surface area contributed by atoms with Crippen LogP contribution in [0.2, 0.25) is 0 Å². The van der Waals surface area contributed by atoms with Gasteiger partial charge in [-0.2, -0.15) is 0 Å². The number of amides is 1. The summed E-state index contributed by atoms with van der Waals surface area (Å²) in [7, 11) is 1.53. The normalized spacial score (nSPS) is 10.7. The first-order valence-corrected chi connectivity index (χ1v) is 10.2. The lowest BCUT2D eigenvalue weighted by molar-refractivity contribution is -0.119. The van der Waals surface area contributed by atoms with Gasteiger partial charge in [0.1, 0.15) is 5.69 Å². The third-order valence-corrected chi connectivity index (χ3v) is 5.23. The number of hydrogen-bond donors (Lipinski definition) is 1. The van der Waals surface area contributed by atoms with Crippen LogP contribution in [0.4, 0.5) is 5.69 Å². The maximum absolute atomic E-state index is 13.1. The van der Waals surface area contributed by atoms with Crippen LogP contribution >= 0.6 is 0 Å². The minimum absolute atomic E-state index is 0.100. The molecule has 4 rings (SSSR count). The van der Waals surface area contributed by atoms with E-state index < -0.39 is 18.5 Å². The SMILES string of the molecule is Cc1ccc(NC(=O)COC(=O)c2c(-c3ccccc3)c3ccccc3c(=O)n2C)cc1. The Morgan fingerprint density at radius 1 is 0.875 bits per heavy atom. The number of rotatable bonds is 5. The van der Waals surface area contributed by atoms with Gasteiger partial charge in [0.05, 0.1) is 0 Å². The van der Waals surface area contributed by atoms with Gasteiger partial charge in [-0.05, 0) is 36.1 Å². The molecule has 1 N–H and O–H groups in total. The number of esters is 1. The third kappa shape index (κ3) is 4.16. The largest absolute Gasteiger partial charge is 0.451 e. The maximum Gasteiger partial charge on any atom is 0.356 e. The molecule has 0 fully saturated rings. The zero-order valence-electron chi connectivity index (χ0n) is 17.8. The molecule has 0 bridgehead atoms. The van der Waals surface area contributed by atoms with E-state index in [2.05, 4.69) is 5.32 Å². The highest BCUT2D eigenvalue weighted by Crippen LogP contribution is 2.30. The molecule has 4 aromatic rings. The van der Waals surface area contributed by atoms with Crippen LogP contribution in [0, 0.1) is 6.92 Å². The second-order valence-electron chi connectivity index (χ2n) is 7.49. The van der Waals surface area contributed by atoms with Crippen molar-refractivity contribution >= 4 is 28.3 Å². The van der Waals surface area contributed by atoms with Crippen molar-refractivity contribution in [3.8, 4) is 11.1 Å². The predicted octanol–water partition coefficient (Wildman–Crippen LogP) is 4.31. The molecule has 0 radical (unpaired) electrons. The molecule has 1 amide bonds. The van der Waals surface area contributed by atoms with Crippen LogP contribution in [0.5, 0.6) is 0 Å². The van der Waals surface area contributed by atoms with Crippen molar-refractivity contribution in [3.63, 3.8) is 0 Å². The van der Waals surface area contributed by atoms with Crippen LogP contribution in [-0.4, -0.2) is 23.1 Å². The van der Waals surface area contributed by atoms with Crippen molar-refractivity contribution < 1.29 is 14.3 Å². The molecule has 160 valence electrons. The Balaban J connectivity index is 1.68.